The highest BCUT2D eigenvalue weighted by atomic mass is 19.1. The minimum Gasteiger partial charge on any atom is -0.392 e. The van der Waals surface area contributed by atoms with Crippen LogP contribution >= 0.6 is 0 Å². The van der Waals surface area contributed by atoms with Crippen LogP contribution in [0.1, 0.15) is 5.56 Å². The summed E-state index contributed by atoms with van der Waals surface area (Å²) in [7, 11) is 0. The van der Waals surface area contributed by atoms with Gasteiger partial charge in [0.25, 0.3) is 0 Å². The van der Waals surface area contributed by atoms with Crippen LogP contribution in [-0.2, 0) is 0 Å². The van der Waals surface area contributed by atoms with Gasteiger partial charge in [0.1, 0.15) is 5.83 Å². The first-order valence-electron chi connectivity index (χ1n) is 5.14. The van der Waals surface area contributed by atoms with Crippen molar-refractivity contribution in [2.24, 2.45) is 0 Å². The second kappa shape index (κ2) is 5.32. The molecule has 0 spiro atoms. The molecule has 0 unspecified atom stereocenters. The summed E-state index contributed by atoms with van der Waals surface area (Å²) in [6, 6.07) is 6.82. The number of aromatic nitrogens is 2. The number of nitrogens with zero attached hydrogens (tertiary/aromatic N) is 2. The molecule has 2 rings (SSSR count). The molecule has 0 saturated heterocycles. The van der Waals surface area contributed by atoms with Gasteiger partial charge in [-0.1, -0.05) is 24.3 Å². The van der Waals surface area contributed by atoms with Crippen molar-refractivity contribution in [3.8, 4) is 11.3 Å². The monoisotopic (exact) mass is 230 g/mol. The number of hydrogen-bond donors (Lipinski definition) is 1. The Labute approximate surface area is 98.3 Å². The predicted molar refractivity (Wildman–Crippen MR) is 63.6 cm³/mol. The summed E-state index contributed by atoms with van der Waals surface area (Å²) in [6.07, 6.45) is 5.98. The van der Waals surface area contributed by atoms with Crippen molar-refractivity contribution >= 4 is 5.83 Å². The Hall–Kier alpha value is -2.07. The molecule has 4 heteroatoms. The lowest BCUT2D eigenvalue weighted by atomic mass is 10.1. The average molecular weight is 230 g/mol. The van der Waals surface area contributed by atoms with E-state index in [1.807, 2.05) is 0 Å². The summed E-state index contributed by atoms with van der Waals surface area (Å²) in [5, 5.41) is 8.60. The van der Waals surface area contributed by atoms with Crippen LogP contribution < -0.4 is 0 Å². The van der Waals surface area contributed by atoms with Crippen LogP contribution in [0.4, 0.5) is 4.39 Å². The lowest BCUT2D eigenvalue weighted by Gasteiger charge is -2.01. The Kier molecular flexibility index (Phi) is 3.57. The van der Waals surface area contributed by atoms with E-state index in [4.69, 9.17) is 5.11 Å². The largest absolute Gasteiger partial charge is 0.392 e. The normalized spacial score (nSPS) is 11.5. The minimum absolute atomic E-state index is 0.308. The molecule has 0 amide bonds. The Morgan fingerprint density at radius 3 is 2.59 bits per heavy atom. The van der Waals surface area contributed by atoms with Crippen LogP contribution in [0.3, 0.4) is 0 Å². The maximum atomic E-state index is 13.3. The summed E-state index contributed by atoms with van der Waals surface area (Å²) >= 11 is 0. The highest BCUT2D eigenvalue weighted by molar-refractivity contribution is 5.65. The second-order valence-corrected chi connectivity index (χ2v) is 3.40. The summed E-state index contributed by atoms with van der Waals surface area (Å²) in [5.74, 6) is -0.432. The quantitative estimate of drug-likeness (QED) is 0.880. The molecule has 1 aromatic heterocycles. The predicted octanol–water partition coefficient (Wildman–Crippen LogP) is 2.45. The molecule has 0 aliphatic heterocycles. The van der Waals surface area contributed by atoms with Gasteiger partial charge in [-0.05, 0) is 6.08 Å². The SMILES string of the molecule is OC/C=C(\F)c1ccc(-c2cnccn2)cc1. The van der Waals surface area contributed by atoms with Gasteiger partial charge in [-0.2, -0.15) is 0 Å². The standard InChI is InChI=1S/C13H11FN2O/c14-12(5-8-17)10-1-3-11(4-2-10)13-9-15-6-7-16-13/h1-7,9,17H,8H2/b12-5-. The van der Waals surface area contributed by atoms with E-state index in [0.717, 1.165) is 17.3 Å². The Bertz CT molecular complexity index is 509. The van der Waals surface area contributed by atoms with Crippen molar-refractivity contribution in [1.82, 2.24) is 9.97 Å². The van der Waals surface area contributed by atoms with E-state index in [9.17, 15) is 4.39 Å². The van der Waals surface area contributed by atoms with E-state index >= 15 is 0 Å². The molecule has 1 aromatic carbocycles. The number of rotatable bonds is 3. The van der Waals surface area contributed by atoms with Gasteiger partial charge in [-0.3, -0.25) is 9.97 Å². The summed E-state index contributed by atoms with van der Waals surface area (Å²) < 4.78 is 13.3. The van der Waals surface area contributed by atoms with Crippen LogP contribution in [0.5, 0.6) is 0 Å². The van der Waals surface area contributed by atoms with Crippen LogP contribution in [0.15, 0.2) is 48.9 Å². The molecule has 0 fully saturated rings. The highest BCUT2D eigenvalue weighted by Crippen LogP contribution is 2.20. The first-order chi connectivity index (χ1) is 8.31. The highest BCUT2D eigenvalue weighted by Gasteiger charge is 2.02. The van der Waals surface area contributed by atoms with Gasteiger partial charge in [0.2, 0.25) is 0 Å². The van der Waals surface area contributed by atoms with Crippen LogP contribution in [0.2, 0.25) is 0 Å². The number of benzene rings is 1. The third kappa shape index (κ3) is 2.73. The van der Waals surface area contributed by atoms with Gasteiger partial charge in [0.05, 0.1) is 18.5 Å². The molecular weight excluding hydrogens is 219 g/mol. The van der Waals surface area contributed by atoms with Crippen molar-refractivity contribution < 1.29 is 9.50 Å². The number of halogens is 1. The molecule has 0 saturated carbocycles. The van der Waals surface area contributed by atoms with Gasteiger partial charge >= 0.3 is 0 Å². The third-order valence-electron chi connectivity index (χ3n) is 2.29. The van der Waals surface area contributed by atoms with E-state index in [2.05, 4.69) is 9.97 Å². The molecule has 1 heterocycles. The summed E-state index contributed by atoms with van der Waals surface area (Å²) in [4.78, 5) is 8.12. The van der Waals surface area contributed by atoms with Crippen molar-refractivity contribution in [3.05, 3.63) is 54.5 Å². The lowest BCUT2D eigenvalue weighted by Crippen LogP contribution is -1.85. The first kappa shape index (κ1) is 11.4. The van der Waals surface area contributed by atoms with Gasteiger partial charge in [0.15, 0.2) is 0 Å². The van der Waals surface area contributed by atoms with Crippen molar-refractivity contribution in [1.29, 1.82) is 0 Å². The molecule has 0 atom stereocenters. The zero-order valence-corrected chi connectivity index (χ0v) is 9.05. The Balaban J connectivity index is 2.28. The van der Waals surface area contributed by atoms with Gasteiger partial charge in [-0.25, -0.2) is 4.39 Å². The van der Waals surface area contributed by atoms with Crippen molar-refractivity contribution in [3.63, 3.8) is 0 Å². The van der Waals surface area contributed by atoms with Crippen LogP contribution in [-0.4, -0.2) is 21.7 Å². The van der Waals surface area contributed by atoms with Gasteiger partial charge in [-0.15, -0.1) is 0 Å². The van der Waals surface area contributed by atoms with Gasteiger partial charge in [0, 0.05) is 23.5 Å². The van der Waals surface area contributed by atoms with Crippen LogP contribution in [0, 0.1) is 0 Å². The number of hydrogen-bond acceptors (Lipinski definition) is 3. The molecule has 17 heavy (non-hydrogen) atoms. The fourth-order valence-corrected chi connectivity index (χ4v) is 1.45. The zero-order chi connectivity index (χ0) is 12.1. The molecule has 86 valence electrons. The maximum Gasteiger partial charge on any atom is 0.128 e. The molecular formula is C13H11FN2O. The summed E-state index contributed by atoms with van der Waals surface area (Å²) in [6.45, 7) is -0.308. The van der Waals surface area contributed by atoms with Crippen molar-refractivity contribution in [2.75, 3.05) is 6.61 Å². The van der Waals surface area contributed by atoms with E-state index in [1.165, 1.54) is 0 Å². The average Bonchev–Trinajstić information content (AvgIpc) is 2.40. The third-order valence-corrected chi connectivity index (χ3v) is 2.29. The molecule has 0 aliphatic rings. The van der Waals surface area contributed by atoms with E-state index in [0.29, 0.717) is 5.56 Å². The molecule has 0 bridgehead atoms. The fourth-order valence-electron chi connectivity index (χ4n) is 1.45. The van der Waals surface area contributed by atoms with E-state index in [-0.39, 0.29) is 6.61 Å². The van der Waals surface area contributed by atoms with Crippen LogP contribution in [0.25, 0.3) is 17.1 Å². The van der Waals surface area contributed by atoms with E-state index in [1.54, 1.807) is 42.9 Å². The minimum atomic E-state index is -0.432. The van der Waals surface area contributed by atoms with Gasteiger partial charge < -0.3 is 5.11 Å². The topological polar surface area (TPSA) is 46.0 Å². The second-order valence-electron chi connectivity index (χ2n) is 3.40. The Morgan fingerprint density at radius 1 is 1.24 bits per heavy atom. The molecule has 1 N–H and O–H groups in total. The zero-order valence-electron chi connectivity index (χ0n) is 9.05. The molecule has 3 nitrogen and oxygen atoms in total. The number of aliphatic hydroxyl groups is 1. The fraction of sp³-hybridized carbons (Fsp3) is 0.0769. The molecule has 0 radical (unpaired) electrons. The smallest absolute Gasteiger partial charge is 0.128 e. The lowest BCUT2D eigenvalue weighted by molar-refractivity contribution is 0.342. The summed E-state index contributed by atoms with van der Waals surface area (Å²) in [5.41, 5.74) is 2.05. The number of aliphatic hydroxyl groups excluding tert-OH is 1. The maximum absolute atomic E-state index is 13.3. The molecule has 0 aliphatic carbocycles. The van der Waals surface area contributed by atoms with E-state index < -0.39 is 5.83 Å². The first-order valence-corrected chi connectivity index (χ1v) is 5.14. The Morgan fingerprint density at radius 2 is 2.00 bits per heavy atom. The molecule has 2 aromatic rings. The van der Waals surface area contributed by atoms with Crippen molar-refractivity contribution in [2.45, 2.75) is 0 Å².